The zero-order chi connectivity index (χ0) is 13.1. The van der Waals surface area contributed by atoms with E-state index in [-0.39, 0.29) is 24.5 Å². The van der Waals surface area contributed by atoms with Crippen LogP contribution in [0.25, 0.3) is 0 Å². The van der Waals surface area contributed by atoms with Crippen LogP contribution in [0.1, 0.15) is 19.3 Å². The second-order valence-corrected chi connectivity index (χ2v) is 5.10. The molecule has 1 N–H and O–H groups in total. The number of nitrogens with zero attached hydrogens (tertiary/aromatic N) is 2. The molecule has 6 heteroatoms. The Kier molecular flexibility index (Phi) is 4.06. The highest BCUT2D eigenvalue weighted by atomic mass is 16.5. The zero-order valence-corrected chi connectivity index (χ0v) is 10.7. The van der Waals surface area contributed by atoms with E-state index < -0.39 is 5.97 Å². The van der Waals surface area contributed by atoms with E-state index in [0.29, 0.717) is 19.6 Å². The number of methoxy groups -OCH3 is 1. The number of urea groups is 1. The second-order valence-electron chi connectivity index (χ2n) is 5.10. The van der Waals surface area contributed by atoms with Gasteiger partial charge in [0.1, 0.15) is 0 Å². The number of ether oxygens (including phenoxy) is 1. The van der Waals surface area contributed by atoms with E-state index in [1.165, 1.54) is 0 Å². The molecule has 1 atom stereocenters. The Morgan fingerprint density at radius 1 is 1.28 bits per heavy atom. The van der Waals surface area contributed by atoms with Crippen molar-refractivity contribution in [2.24, 2.45) is 5.92 Å². The van der Waals surface area contributed by atoms with Crippen molar-refractivity contribution < 1.29 is 19.4 Å². The minimum absolute atomic E-state index is 0.0263. The molecule has 1 unspecified atom stereocenters. The molecular formula is C12H20N2O4. The lowest BCUT2D eigenvalue weighted by atomic mass is 9.97. The highest BCUT2D eigenvalue weighted by molar-refractivity contribution is 5.76. The third-order valence-electron chi connectivity index (χ3n) is 3.67. The Hall–Kier alpha value is -1.30. The quantitative estimate of drug-likeness (QED) is 0.803. The van der Waals surface area contributed by atoms with Crippen LogP contribution < -0.4 is 0 Å². The Balaban J connectivity index is 1.77. The van der Waals surface area contributed by atoms with Gasteiger partial charge in [-0.25, -0.2) is 4.79 Å². The van der Waals surface area contributed by atoms with Gasteiger partial charge in [0.2, 0.25) is 0 Å². The van der Waals surface area contributed by atoms with Crippen LogP contribution >= 0.6 is 0 Å². The summed E-state index contributed by atoms with van der Waals surface area (Å²) in [6.45, 7) is 2.56. The Morgan fingerprint density at radius 3 is 2.61 bits per heavy atom. The van der Waals surface area contributed by atoms with Crippen molar-refractivity contribution >= 4 is 12.0 Å². The SMILES string of the molecule is COC1CCCN(C(=O)N2CC(CC(=O)O)C2)C1. The minimum Gasteiger partial charge on any atom is -0.481 e. The van der Waals surface area contributed by atoms with Crippen LogP contribution in [0.15, 0.2) is 0 Å². The summed E-state index contributed by atoms with van der Waals surface area (Å²) in [4.78, 5) is 26.2. The molecule has 0 aromatic heterocycles. The Bertz CT molecular complexity index is 328. The van der Waals surface area contributed by atoms with Gasteiger partial charge in [-0.15, -0.1) is 0 Å². The molecule has 0 bridgehead atoms. The number of carbonyl (C=O) groups is 2. The standard InChI is InChI=1S/C12H20N2O4/c1-18-10-3-2-4-13(8-10)12(17)14-6-9(7-14)5-11(15)16/h9-10H,2-8H2,1H3,(H,15,16). The minimum atomic E-state index is -0.787. The van der Waals surface area contributed by atoms with Crippen molar-refractivity contribution in [2.75, 3.05) is 33.3 Å². The average molecular weight is 256 g/mol. The van der Waals surface area contributed by atoms with E-state index in [2.05, 4.69) is 0 Å². The first kappa shape index (κ1) is 13.1. The Labute approximate surface area is 106 Å². The maximum Gasteiger partial charge on any atom is 0.320 e. The van der Waals surface area contributed by atoms with E-state index >= 15 is 0 Å². The van der Waals surface area contributed by atoms with E-state index in [1.54, 1.807) is 12.0 Å². The van der Waals surface area contributed by atoms with Crippen LogP contribution in [0.5, 0.6) is 0 Å². The van der Waals surface area contributed by atoms with Gasteiger partial charge in [-0.2, -0.15) is 0 Å². The molecule has 2 aliphatic rings. The maximum absolute atomic E-state index is 12.1. The maximum atomic E-state index is 12.1. The van der Waals surface area contributed by atoms with Crippen molar-refractivity contribution in [2.45, 2.75) is 25.4 Å². The normalized spacial score (nSPS) is 24.8. The van der Waals surface area contributed by atoms with Crippen LogP contribution in [0, 0.1) is 5.92 Å². The fourth-order valence-corrected chi connectivity index (χ4v) is 2.61. The second kappa shape index (κ2) is 5.56. The number of likely N-dealkylation sites (tertiary alicyclic amines) is 2. The molecule has 2 saturated heterocycles. The molecular weight excluding hydrogens is 236 g/mol. The summed E-state index contributed by atoms with van der Waals surface area (Å²) in [5.74, 6) is -0.668. The van der Waals surface area contributed by atoms with Gasteiger partial charge in [0.05, 0.1) is 12.5 Å². The summed E-state index contributed by atoms with van der Waals surface area (Å²) in [6.07, 6.45) is 2.27. The van der Waals surface area contributed by atoms with Crippen LogP contribution in [0.2, 0.25) is 0 Å². The van der Waals surface area contributed by atoms with Crippen LogP contribution in [-0.2, 0) is 9.53 Å². The molecule has 2 amide bonds. The molecule has 0 radical (unpaired) electrons. The predicted molar refractivity (Wildman–Crippen MR) is 64.3 cm³/mol. The van der Waals surface area contributed by atoms with Gasteiger partial charge in [-0.05, 0) is 12.8 Å². The number of carboxylic acid groups (broad SMARTS) is 1. The molecule has 18 heavy (non-hydrogen) atoms. The predicted octanol–water partition coefficient (Wildman–Crippen LogP) is 0.624. The van der Waals surface area contributed by atoms with E-state index in [9.17, 15) is 9.59 Å². The molecule has 0 aromatic carbocycles. The van der Waals surface area contributed by atoms with E-state index in [1.807, 2.05) is 4.90 Å². The summed E-state index contributed by atoms with van der Waals surface area (Å²) >= 11 is 0. The molecule has 2 aliphatic heterocycles. The first-order valence-corrected chi connectivity index (χ1v) is 6.38. The number of rotatable bonds is 3. The number of amides is 2. The van der Waals surface area contributed by atoms with Crippen LogP contribution in [0.4, 0.5) is 4.79 Å². The lowest BCUT2D eigenvalue weighted by Gasteiger charge is -2.43. The van der Waals surface area contributed by atoms with Gasteiger partial charge >= 0.3 is 12.0 Å². The van der Waals surface area contributed by atoms with Gasteiger partial charge < -0.3 is 19.6 Å². The molecule has 2 rings (SSSR count). The highest BCUT2D eigenvalue weighted by Crippen LogP contribution is 2.22. The summed E-state index contributed by atoms with van der Waals surface area (Å²) in [5.41, 5.74) is 0. The number of hydrogen-bond acceptors (Lipinski definition) is 3. The lowest BCUT2D eigenvalue weighted by molar-refractivity contribution is -0.139. The fourth-order valence-electron chi connectivity index (χ4n) is 2.61. The van der Waals surface area contributed by atoms with Crippen LogP contribution in [-0.4, -0.2) is 66.3 Å². The molecule has 0 spiro atoms. The summed E-state index contributed by atoms with van der Waals surface area (Å²) in [6, 6.07) is 0.0263. The van der Waals surface area contributed by atoms with Crippen molar-refractivity contribution in [3.8, 4) is 0 Å². The van der Waals surface area contributed by atoms with Crippen molar-refractivity contribution in [3.05, 3.63) is 0 Å². The molecule has 6 nitrogen and oxygen atoms in total. The molecule has 0 aromatic rings. The first-order chi connectivity index (χ1) is 8.60. The molecule has 2 fully saturated rings. The third-order valence-corrected chi connectivity index (χ3v) is 3.67. The van der Waals surface area contributed by atoms with Gasteiger partial charge in [0.25, 0.3) is 0 Å². The van der Waals surface area contributed by atoms with Gasteiger partial charge in [-0.1, -0.05) is 0 Å². The Morgan fingerprint density at radius 2 is 2.00 bits per heavy atom. The number of piperidine rings is 1. The largest absolute Gasteiger partial charge is 0.481 e. The fraction of sp³-hybridized carbons (Fsp3) is 0.833. The van der Waals surface area contributed by atoms with E-state index in [4.69, 9.17) is 9.84 Å². The number of carbonyl (C=O) groups excluding carboxylic acids is 1. The number of aliphatic carboxylic acids is 1. The molecule has 2 heterocycles. The number of hydrogen-bond donors (Lipinski definition) is 1. The summed E-state index contributed by atoms with van der Waals surface area (Å²) in [7, 11) is 1.67. The van der Waals surface area contributed by atoms with Crippen LogP contribution in [0.3, 0.4) is 0 Å². The lowest BCUT2D eigenvalue weighted by Crippen LogP contribution is -2.57. The smallest absolute Gasteiger partial charge is 0.320 e. The van der Waals surface area contributed by atoms with Crippen molar-refractivity contribution in [1.82, 2.24) is 9.80 Å². The van der Waals surface area contributed by atoms with Crippen molar-refractivity contribution in [3.63, 3.8) is 0 Å². The molecule has 102 valence electrons. The number of carboxylic acids is 1. The van der Waals surface area contributed by atoms with E-state index in [0.717, 1.165) is 19.4 Å². The summed E-state index contributed by atoms with van der Waals surface area (Å²) < 4.78 is 5.29. The summed E-state index contributed by atoms with van der Waals surface area (Å²) in [5, 5.41) is 8.66. The zero-order valence-electron chi connectivity index (χ0n) is 10.7. The average Bonchev–Trinajstić information content (AvgIpc) is 2.32. The third kappa shape index (κ3) is 2.93. The van der Waals surface area contributed by atoms with Crippen molar-refractivity contribution in [1.29, 1.82) is 0 Å². The monoisotopic (exact) mass is 256 g/mol. The first-order valence-electron chi connectivity index (χ1n) is 6.38. The van der Waals surface area contributed by atoms with Gasteiger partial charge in [0, 0.05) is 39.2 Å². The molecule has 0 saturated carbocycles. The highest BCUT2D eigenvalue weighted by Gasteiger charge is 2.35. The van der Waals surface area contributed by atoms with Gasteiger partial charge in [0.15, 0.2) is 0 Å². The topological polar surface area (TPSA) is 70.1 Å². The van der Waals surface area contributed by atoms with Gasteiger partial charge in [-0.3, -0.25) is 4.79 Å². The molecule has 0 aliphatic carbocycles.